The fourth-order valence-electron chi connectivity index (χ4n) is 2.27. The van der Waals surface area contributed by atoms with Gasteiger partial charge in [0.15, 0.2) is 5.90 Å². The molecule has 0 fully saturated rings. The number of hydrogen-bond acceptors (Lipinski definition) is 5. The summed E-state index contributed by atoms with van der Waals surface area (Å²) in [7, 11) is 1.31. The van der Waals surface area contributed by atoms with Crippen LogP contribution in [0.1, 0.15) is 38.7 Å². The second-order valence-corrected chi connectivity index (χ2v) is 6.54. The number of nitrogens with zero attached hydrogens (tertiary/aromatic N) is 2. The van der Waals surface area contributed by atoms with Gasteiger partial charge in [0, 0.05) is 5.56 Å². The van der Waals surface area contributed by atoms with Gasteiger partial charge in [0.1, 0.15) is 5.00 Å². The van der Waals surface area contributed by atoms with Crippen LogP contribution in [-0.2, 0) is 9.47 Å². The quantitative estimate of drug-likeness (QED) is 0.786. The van der Waals surface area contributed by atoms with E-state index in [-0.39, 0.29) is 5.92 Å². The number of rotatable bonds is 4. The van der Waals surface area contributed by atoms with Crippen LogP contribution >= 0.6 is 22.9 Å². The predicted molar refractivity (Wildman–Crippen MR) is 90.0 cm³/mol. The first-order valence-corrected chi connectivity index (χ1v) is 8.47. The number of thiophene rings is 1. The number of hydrogen-bond donors (Lipinski definition) is 0. The van der Waals surface area contributed by atoms with Gasteiger partial charge in [-0.25, -0.2) is 9.79 Å². The Morgan fingerprint density at radius 1 is 1.45 bits per heavy atom. The molecule has 0 aromatic carbocycles. The van der Waals surface area contributed by atoms with E-state index in [1.165, 1.54) is 18.4 Å². The van der Waals surface area contributed by atoms with Crippen LogP contribution in [0.3, 0.4) is 0 Å². The average molecular weight is 343 g/mol. The highest BCUT2D eigenvalue weighted by atomic mass is 35.5. The van der Waals surface area contributed by atoms with Gasteiger partial charge in [-0.1, -0.05) is 31.9 Å². The number of carbonyl (C=O) groups is 1. The zero-order valence-corrected chi connectivity index (χ0v) is 14.5. The minimum Gasteiger partial charge on any atom is -0.480 e. The van der Waals surface area contributed by atoms with E-state index in [1.54, 1.807) is 6.07 Å². The topological polar surface area (TPSA) is 60.2 Å². The lowest BCUT2D eigenvalue weighted by Gasteiger charge is -2.24. The lowest BCUT2D eigenvalue weighted by molar-refractivity contribution is 0.182. The maximum atomic E-state index is 11.6. The fourth-order valence-corrected chi connectivity index (χ4v) is 3.37. The minimum absolute atomic E-state index is 0.145. The number of halogens is 1. The Balaban J connectivity index is 2.49. The fraction of sp³-hybridized carbons (Fsp3) is 0.533. The molecular formula is C15H19ClN2O3S. The van der Waals surface area contributed by atoms with E-state index < -0.39 is 6.09 Å². The van der Waals surface area contributed by atoms with Crippen LogP contribution < -0.4 is 0 Å². The van der Waals surface area contributed by atoms with Gasteiger partial charge >= 0.3 is 6.09 Å². The molecule has 0 aliphatic carbocycles. The van der Waals surface area contributed by atoms with E-state index in [0.717, 1.165) is 29.8 Å². The van der Waals surface area contributed by atoms with Crippen molar-refractivity contribution >= 4 is 45.6 Å². The van der Waals surface area contributed by atoms with Gasteiger partial charge in [-0.2, -0.15) is 4.99 Å². The molecule has 2 heterocycles. The number of carbonyl (C=O) groups excluding carboxylic acids is 1. The molecule has 1 aromatic heterocycles. The lowest BCUT2D eigenvalue weighted by Crippen LogP contribution is -2.30. The molecular weight excluding hydrogens is 324 g/mol. The summed E-state index contributed by atoms with van der Waals surface area (Å²) < 4.78 is 11.1. The Bertz CT molecular complexity index is 610. The minimum atomic E-state index is -0.624. The van der Waals surface area contributed by atoms with Crippen LogP contribution in [0.2, 0.25) is 4.34 Å². The lowest BCUT2D eigenvalue weighted by atomic mass is 9.91. The molecule has 0 saturated carbocycles. The third kappa shape index (κ3) is 3.67. The van der Waals surface area contributed by atoms with Crippen molar-refractivity contribution in [2.45, 2.75) is 33.1 Å². The number of aliphatic imine (C=N–C) groups is 2. The SMILES string of the molecule is CCCOC1=Nc2sc(Cl)cc2C(=NC(=O)OC)C1CCC. The zero-order chi connectivity index (χ0) is 16.1. The molecule has 1 aromatic rings. The molecule has 1 aliphatic heterocycles. The highest BCUT2D eigenvalue weighted by Crippen LogP contribution is 2.40. The molecule has 0 bridgehead atoms. The zero-order valence-electron chi connectivity index (χ0n) is 12.9. The molecule has 0 radical (unpaired) electrons. The third-order valence-electron chi connectivity index (χ3n) is 3.22. The smallest absolute Gasteiger partial charge is 0.433 e. The molecule has 1 amide bonds. The molecule has 1 aliphatic rings. The Kier molecular flexibility index (Phi) is 5.97. The normalized spacial score (nSPS) is 18.8. The number of amides is 1. The van der Waals surface area contributed by atoms with Crippen molar-refractivity contribution in [3.63, 3.8) is 0 Å². The van der Waals surface area contributed by atoms with Crippen LogP contribution in [0.4, 0.5) is 9.80 Å². The van der Waals surface area contributed by atoms with E-state index in [9.17, 15) is 4.79 Å². The van der Waals surface area contributed by atoms with Gasteiger partial charge in [-0.15, -0.1) is 11.3 Å². The van der Waals surface area contributed by atoms with Gasteiger partial charge in [-0.05, 0) is 18.9 Å². The Hall–Kier alpha value is -1.40. The average Bonchev–Trinajstić information content (AvgIpc) is 2.87. The second kappa shape index (κ2) is 7.74. The van der Waals surface area contributed by atoms with Crippen LogP contribution in [0.5, 0.6) is 0 Å². The van der Waals surface area contributed by atoms with Crippen molar-refractivity contribution in [2.75, 3.05) is 13.7 Å². The van der Waals surface area contributed by atoms with E-state index >= 15 is 0 Å². The van der Waals surface area contributed by atoms with Gasteiger partial charge in [0.2, 0.25) is 0 Å². The van der Waals surface area contributed by atoms with Crippen LogP contribution in [0, 0.1) is 5.92 Å². The second-order valence-electron chi connectivity index (χ2n) is 4.88. The summed E-state index contributed by atoms with van der Waals surface area (Å²) in [4.78, 5) is 20.3. The molecule has 0 N–H and O–H groups in total. The number of fused-ring (bicyclic) bond motifs is 1. The van der Waals surface area contributed by atoms with Crippen molar-refractivity contribution in [3.05, 3.63) is 16.0 Å². The molecule has 1 unspecified atom stereocenters. The van der Waals surface area contributed by atoms with Crippen LogP contribution in [-0.4, -0.2) is 31.4 Å². The van der Waals surface area contributed by atoms with E-state index in [0.29, 0.717) is 22.6 Å². The van der Waals surface area contributed by atoms with Gasteiger partial charge in [0.25, 0.3) is 0 Å². The first kappa shape index (κ1) is 17.0. The Labute approximate surface area is 139 Å². The standard InChI is InChI=1S/C15H19ClN2O3S/c1-4-6-9-12(17-15(19)20-3)10-8-11(16)22-14(10)18-13(9)21-7-5-2/h8-9H,4-7H2,1-3H3. The van der Waals surface area contributed by atoms with Gasteiger partial charge < -0.3 is 9.47 Å². The van der Waals surface area contributed by atoms with Gasteiger partial charge in [0.05, 0.1) is 29.7 Å². The molecule has 7 heteroatoms. The maximum absolute atomic E-state index is 11.6. The largest absolute Gasteiger partial charge is 0.480 e. The highest BCUT2D eigenvalue weighted by Gasteiger charge is 2.32. The molecule has 1 atom stereocenters. The van der Waals surface area contributed by atoms with Crippen LogP contribution in [0.15, 0.2) is 16.1 Å². The number of ether oxygens (including phenoxy) is 2. The molecule has 22 heavy (non-hydrogen) atoms. The molecule has 120 valence electrons. The van der Waals surface area contributed by atoms with Crippen molar-refractivity contribution in [1.29, 1.82) is 0 Å². The Morgan fingerprint density at radius 3 is 2.86 bits per heavy atom. The van der Waals surface area contributed by atoms with Crippen molar-refractivity contribution in [3.8, 4) is 0 Å². The maximum Gasteiger partial charge on any atom is 0.433 e. The first-order valence-electron chi connectivity index (χ1n) is 7.28. The molecule has 0 spiro atoms. The van der Waals surface area contributed by atoms with E-state index in [4.69, 9.17) is 16.3 Å². The van der Waals surface area contributed by atoms with Crippen molar-refractivity contribution in [1.82, 2.24) is 0 Å². The molecule has 0 saturated heterocycles. The summed E-state index contributed by atoms with van der Waals surface area (Å²) in [6.07, 6.45) is 1.98. The first-order chi connectivity index (χ1) is 10.6. The van der Waals surface area contributed by atoms with Crippen molar-refractivity contribution < 1.29 is 14.3 Å². The third-order valence-corrected chi connectivity index (χ3v) is 4.37. The molecule has 5 nitrogen and oxygen atoms in total. The van der Waals surface area contributed by atoms with Crippen molar-refractivity contribution in [2.24, 2.45) is 15.9 Å². The summed E-state index contributed by atoms with van der Waals surface area (Å²) in [5.41, 5.74) is 1.43. The summed E-state index contributed by atoms with van der Waals surface area (Å²) in [5.74, 6) is 0.464. The molecule has 2 rings (SSSR count). The summed E-state index contributed by atoms with van der Waals surface area (Å²) in [6.45, 7) is 4.69. The number of methoxy groups -OCH3 is 1. The van der Waals surface area contributed by atoms with Crippen LogP contribution in [0.25, 0.3) is 0 Å². The van der Waals surface area contributed by atoms with E-state index in [2.05, 4.69) is 21.6 Å². The Morgan fingerprint density at radius 2 is 2.23 bits per heavy atom. The van der Waals surface area contributed by atoms with Gasteiger partial charge in [-0.3, -0.25) is 0 Å². The highest BCUT2D eigenvalue weighted by molar-refractivity contribution is 7.20. The summed E-state index contributed by atoms with van der Waals surface area (Å²) >= 11 is 7.45. The monoisotopic (exact) mass is 342 g/mol. The summed E-state index contributed by atoms with van der Waals surface area (Å²) in [5, 5.41) is 0.728. The predicted octanol–water partition coefficient (Wildman–Crippen LogP) is 4.84. The van der Waals surface area contributed by atoms with E-state index in [1.807, 2.05) is 6.92 Å². The summed E-state index contributed by atoms with van der Waals surface area (Å²) in [6, 6.07) is 1.80.